The normalized spacial score (nSPS) is 10.8. The molecule has 0 spiro atoms. The van der Waals surface area contributed by atoms with Gasteiger partial charge in [-0.25, -0.2) is 0 Å². The Kier molecular flexibility index (Phi) is 7.87. The maximum Gasteiger partial charge on any atom is 0.267 e. The van der Waals surface area contributed by atoms with Gasteiger partial charge in [0.25, 0.3) is 5.91 Å². The zero-order chi connectivity index (χ0) is 22.8. The van der Waals surface area contributed by atoms with Gasteiger partial charge in [0.15, 0.2) is 5.82 Å². The van der Waals surface area contributed by atoms with E-state index in [1.807, 2.05) is 30.3 Å². The summed E-state index contributed by atoms with van der Waals surface area (Å²) in [5.74, 6) is 2.44. The lowest BCUT2D eigenvalue weighted by atomic mass is 10.1. The van der Waals surface area contributed by atoms with E-state index in [-0.39, 0.29) is 11.4 Å². The number of aromatic nitrogens is 1. The summed E-state index contributed by atoms with van der Waals surface area (Å²) >= 11 is 0. The average Bonchev–Trinajstić information content (AvgIpc) is 3.22. The minimum atomic E-state index is -0.558. The van der Waals surface area contributed by atoms with E-state index in [0.717, 1.165) is 11.5 Å². The van der Waals surface area contributed by atoms with E-state index < -0.39 is 5.91 Å². The fraction of sp³-hybridized carbons (Fsp3) is 0.208. The van der Waals surface area contributed by atoms with Gasteiger partial charge in [-0.1, -0.05) is 23.4 Å². The minimum absolute atomic E-state index is 0.0472. The van der Waals surface area contributed by atoms with Crippen molar-refractivity contribution in [3.63, 3.8) is 0 Å². The molecule has 1 N–H and O–H groups in total. The first kappa shape index (κ1) is 22.4. The van der Waals surface area contributed by atoms with Crippen LogP contribution >= 0.6 is 0 Å². The SMILES string of the molecule is COc1cccc(OCCCOc2ccc(/C=C(/C#N)C(=O)Nc3cc(C)on3)cc2)c1. The topological polar surface area (TPSA) is 107 Å². The molecule has 0 saturated carbocycles. The molecule has 1 amide bonds. The Morgan fingerprint density at radius 3 is 2.47 bits per heavy atom. The first-order valence-electron chi connectivity index (χ1n) is 9.93. The molecule has 0 saturated heterocycles. The zero-order valence-electron chi connectivity index (χ0n) is 17.8. The number of amides is 1. The van der Waals surface area contributed by atoms with E-state index in [1.165, 1.54) is 6.08 Å². The van der Waals surface area contributed by atoms with E-state index in [1.54, 1.807) is 44.4 Å². The number of hydrogen-bond donors (Lipinski definition) is 1. The first-order chi connectivity index (χ1) is 15.6. The number of nitrogens with one attached hydrogen (secondary N) is 1. The molecule has 3 rings (SSSR count). The van der Waals surface area contributed by atoms with Gasteiger partial charge in [-0.05, 0) is 42.8 Å². The molecule has 1 heterocycles. The first-order valence-corrected chi connectivity index (χ1v) is 9.93. The van der Waals surface area contributed by atoms with Crippen molar-refractivity contribution >= 4 is 17.8 Å². The Balaban J connectivity index is 1.46. The number of benzene rings is 2. The summed E-state index contributed by atoms with van der Waals surface area (Å²) in [4.78, 5) is 12.2. The molecular formula is C24H23N3O5. The third kappa shape index (κ3) is 6.64. The van der Waals surface area contributed by atoms with Crippen LogP contribution in [0.2, 0.25) is 0 Å². The largest absolute Gasteiger partial charge is 0.497 e. The van der Waals surface area contributed by atoms with Gasteiger partial charge in [0.1, 0.15) is 34.7 Å². The quantitative estimate of drug-likeness (QED) is 0.287. The molecular weight excluding hydrogens is 410 g/mol. The molecule has 2 aromatic carbocycles. The molecule has 0 atom stereocenters. The number of carbonyl (C=O) groups excluding carboxylic acids is 1. The lowest BCUT2D eigenvalue weighted by Crippen LogP contribution is -2.13. The van der Waals surface area contributed by atoms with Crippen molar-refractivity contribution in [3.8, 4) is 23.3 Å². The van der Waals surface area contributed by atoms with Crippen molar-refractivity contribution in [2.24, 2.45) is 0 Å². The lowest BCUT2D eigenvalue weighted by Gasteiger charge is -2.09. The fourth-order valence-electron chi connectivity index (χ4n) is 2.71. The summed E-state index contributed by atoms with van der Waals surface area (Å²) in [6, 6.07) is 18.0. The third-order valence-corrected chi connectivity index (χ3v) is 4.29. The number of nitriles is 1. The van der Waals surface area contributed by atoms with Crippen LogP contribution in [0.3, 0.4) is 0 Å². The molecule has 0 aliphatic rings. The van der Waals surface area contributed by atoms with Crippen LogP contribution in [0.1, 0.15) is 17.7 Å². The number of nitrogens with zero attached hydrogens (tertiary/aromatic N) is 2. The number of anilines is 1. The molecule has 3 aromatic rings. The molecule has 0 aliphatic carbocycles. The van der Waals surface area contributed by atoms with E-state index in [2.05, 4.69) is 10.5 Å². The van der Waals surface area contributed by atoms with Crippen LogP contribution < -0.4 is 19.5 Å². The lowest BCUT2D eigenvalue weighted by molar-refractivity contribution is -0.112. The Labute approximate surface area is 186 Å². The van der Waals surface area contributed by atoms with Crippen molar-refractivity contribution in [1.29, 1.82) is 5.26 Å². The van der Waals surface area contributed by atoms with Gasteiger partial charge in [0.2, 0.25) is 0 Å². The van der Waals surface area contributed by atoms with Crippen molar-refractivity contribution in [2.75, 3.05) is 25.6 Å². The zero-order valence-corrected chi connectivity index (χ0v) is 17.8. The van der Waals surface area contributed by atoms with Crippen LogP contribution in [0.5, 0.6) is 17.2 Å². The monoisotopic (exact) mass is 433 g/mol. The van der Waals surface area contributed by atoms with E-state index in [9.17, 15) is 10.1 Å². The highest BCUT2D eigenvalue weighted by Crippen LogP contribution is 2.19. The molecule has 0 aliphatic heterocycles. The number of carbonyl (C=O) groups is 1. The molecule has 0 radical (unpaired) electrons. The standard InChI is InChI=1S/C24H23N3O5/c1-17-13-23(27-32-17)26-24(28)19(16-25)14-18-7-9-20(10-8-18)30-11-4-12-31-22-6-3-5-21(15-22)29-2/h3,5-10,13-15H,4,11-12H2,1-2H3,(H,26,27,28)/b19-14-. The second-order valence-corrected chi connectivity index (χ2v) is 6.75. The van der Waals surface area contributed by atoms with Crippen LogP contribution in [-0.4, -0.2) is 31.4 Å². The predicted molar refractivity (Wildman–Crippen MR) is 119 cm³/mol. The molecule has 8 heteroatoms. The maximum absolute atomic E-state index is 12.2. The van der Waals surface area contributed by atoms with Crippen LogP contribution in [0.15, 0.2) is 64.7 Å². The van der Waals surface area contributed by atoms with Gasteiger partial charge in [0, 0.05) is 18.6 Å². The van der Waals surface area contributed by atoms with Crippen molar-refractivity contribution in [2.45, 2.75) is 13.3 Å². The van der Waals surface area contributed by atoms with E-state index in [4.69, 9.17) is 18.7 Å². The summed E-state index contributed by atoms with van der Waals surface area (Å²) in [5, 5.41) is 15.5. The molecule has 1 aromatic heterocycles. The van der Waals surface area contributed by atoms with Crippen molar-refractivity contribution in [3.05, 3.63) is 71.5 Å². The third-order valence-electron chi connectivity index (χ3n) is 4.29. The Morgan fingerprint density at radius 1 is 1.09 bits per heavy atom. The Hall–Kier alpha value is -4.25. The summed E-state index contributed by atoms with van der Waals surface area (Å²) in [6.07, 6.45) is 2.20. The van der Waals surface area contributed by atoms with Gasteiger partial charge in [-0.15, -0.1) is 0 Å². The van der Waals surface area contributed by atoms with Crippen molar-refractivity contribution in [1.82, 2.24) is 5.16 Å². The molecule has 164 valence electrons. The fourth-order valence-corrected chi connectivity index (χ4v) is 2.71. The van der Waals surface area contributed by atoms with Crippen LogP contribution in [0.25, 0.3) is 6.08 Å². The van der Waals surface area contributed by atoms with Gasteiger partial charge >= 0.3 is 0 Å². The number of aryl methyl sites for hydroxylation is 1. The highest BCUT2D eigenvalue weighted by atomic mass is 16.5. The minimum Gasteiger partial charge on any atom is -0.497 e. The Morgan fingerprint density at radius 2 is 1.81 bits per heavy atom. The molecule has 0 unspecified atom stereocenters. The number of ether oxygens (including phenoxy) is 3. The summed E-state index contributed by atoms with van der Waals surface area (Å²) in [5.41, 5.74) is 0.649. The highest BCUT2D eigenvalue weighted by molar-refractivity contribution is 6.09. The smallest absolute Gasteiger partial charge is 0.267 e. The molecule has 32 heavy (non-hydrogen) atoms. The average molecular weight is 433 g/mol. The van der Waals surface area contributed by atoms with Gasteiger partial charge in [0.05, 0.1) is 20.3 Å². The van der Waals surface area contributed by atoms with E-state index in [0.29, 0.717) is 36.7 Å². The second-order valence-electron chi connectivity index (χ2n) is 6.75. The van der Waals surface area contributed by atoms with Crippen LogP contribution in [0.4, 0.5) is 5.82 Å². The number of methoxy groups -OCH3 is 1. The van der Waals surface area contributed by atoms with Crippen molar-refractivity contribution < 1.29 is 23.5 Å². The number of rotatable bonds is 10. The molecule has 8 nitrogen and oxygen atoms in total. The summed E-state index contributed by atoms with van der Waals surface area (Å²) in [7, 11) is 1.61. The highest BCUT2D eigenvalue weighted by Gasteiger charge is 2.11. The van der Waals surface area contributed by atoms with Crippen LogP contribution in [0, 0.1) is 18.3 Å². The van der Waals surface area contributed by atoms with E-state index >= 15 is 0 Å². The summed E-state index contributed by atoms with van der Waals surface area (Å²) < 4.78 is 21.5. The second kappa shape index (κ2) is 11.2. The Bertz CT molecular complexity index is 1110. The van der Waals surface area contributed by atoms with Gasteiger partial charge in [-0.3, -0.25) is 4.79 Å². The van der Waals surface area contributed by atoms with Crippen LogP contribution in [-0.2, 0) is 4.79 Å². The number of hydrogen-bond acceptors (Lipinski definition) is 7. The molecule has 0 bridgehead atoms. The van der Waals surface area contributed by atoms with Gasteiger partial charge < -0.3 is 24.1 Å². The predicted octanol–water partition coefficient (Wildman–Crippen LogP) is 4.39. The van der Waals surface area contributed by atoms with Gasteiger partial charge in [-0.2, -0.15) is 5.26 Å². The summed E-state index contributed by atoms with van der Waals surface area (Å²) in [6.45, 7) is 2.71. The maximum atomic E-state index is 12.2. The molecule has 0 fully saturated rings.